The molecule has 66 valence electrons. The topological polar surface area (TPSA) is 12.0 Å². The lowest BCUT2D eigenvalue weighted by molar-refractivity contribution is 0.124. The molecule has 0 bridgehead atoms. The molecule has 3 heteroatoms. The van der Waals surface area contributed by atoms with Gasteiger partial charge in [0.25, 0.3) is 0 Å². The van der Waals surface area contributed by atoms with E-state index >= 15 is 0 Å². The van der Waals surface area contributed by atoms with Gasteiger partial charge < -0.3 is 5.32 Å². The maximum absolute atomic E-state index is 11.8. The zero-order valence-corrected chi connectivity index (χ0v) is 6.65. The minimum Gasteiger partial charge on any atom is -0.317 e. The molecule has 1 heterocycles. The molecule has 11 heavy (non-hydrogen) atoms. The van der Waals surface area contributed by atoms with E-state index < -0.39 is 6.43 Å². The summed E-state index contributed by atoms with van der Waals surface area (Å²) in [6, 6.07) is 0. The van der Waals surface area contributed by atoms with Crippen molar-refractivity contribution in [1.29, 1.82) is 0 Å². The first kappa shape index (κ1) is 8.91. The molecule has 0 amide bonds. The second-order valence-electron chi connectivity index (χ2n) is 3.16. The largest absolute Gasteiger partial charge is 0.317 e. The van der Waals surface area contributed by atoms with Crippen LogP contribution in [0.4, 0.5) is 8.78 Å². The first-order valence-electron chi connectivity index (χ1n) is 4.28. The van der Waals surface area contributed by atoms with Gasteiger partial charge in [-0.25, -0.2) is 8.78 Å². The van der Waals surface area contributed by atoms with E-state index in [1.165, 1.54) is 0 Å². The Bertz CT molecular complexity index is 100. The lowest BCUT2D eigenvalue weighted by atomic mass is 9.93. The van der Waals surface area contributed by atoms with E-state index in [0.717, 1.165) is 25.9 Å². The molecule has 1 rings (SSSR count). The number of piperidine rings is 1. The van der Waals surface area contributed by atoms with Crippen LogP contribution in [0.25, 0.3) is 0 Å². The van der Waals surface area contributed by atoms with E-state index in [1.807, 2.05) is 0 Å². The molecule has 0 aromatic rings. The van der Waals surface area contributed by atoms with E-state index in [0.29, 0.717) is 12.3 Å². The predicted octanol–water partition coefficient (Wildman–Crippen LogP) is 2.03. The lowest BCUT2D eigenvalue weighted by Gasteiger charge is -2.22. The molecule has 1 aliphatic heterocycles. The molecule has 0 radical (unpaired) electrons. The van der Waals surface area contributed by atoms with Crippen LogP contribution in [0.5, 0.6) is 0 Å². The first-order chi connectivity index (χ1) is 5.29. The van der Waals surface area contributed by atoms with E-state index in [-0.39, 0.29) is 6.42 Å². The summed E-state index contributed by atoms with van der Waals surface area (Å²) in [6.45, 7) is 2.02. The molecule has 1 fully saturated rings. The summed E-state index contributed by atoms with van der Waals surface area (Å²) < 4.78 is 23.5. The summed E-state index contributed by atoms with van der Waals surface area (Å²) in [4.78, 5) is 0. The zero-order chi connectivity index (χ0) is 8.10. The van der Waals surface area contributed by atoms with Crippen molar-refractivity contribution in [2.24, 2.45) is 5.92 Å². The van der Waals surface area contributed by atoms with E-state index in [1.54, 1.807) is 0 Å². The van der Waals surface area contributed by atoms with E-state index in [4.69, 9.17) is 0 Å². The third-order valence-corrected chi connectivity index (χ3v) is 2.25. The van der Waals surface area contributed by atoms with Crippen LogP contribution < -0.4 is 5.32 Å². The Labute approximate surface area is 66.2 Å². The average Bonchev–Trinajstić information content (AvgIpc) is 2.03. The van der Waals surface area contributed by atoms with E-state index in [2.05, 4.69) is 5.32 Å². The second kappa shape index (κ2) is 4.65. The Morgan fingerprint density at radius 2 is 1.91 bits per heavy atom. The van der Waals surface area contributed by atoms with Gasteiger partial charge in [0.05, 0.1) is 0 Å². The fourth-order valence-corrected chi connectivity index (χ4v) is 1.53. The van der Waals surface area contributed by atoms with Crippen LogP contribution in [0.15, 0.2) is 0 Å². The normalized spacial score (nSPS) is 21.0. The molecule has 1 N–H and O–H groups in total. The van der Waals surface area contributed by atoms with Gasteiger partial charge in [-0.3, -0.25) is 0 Å². The summed E-state index contributed by atoms with van der Waals surface area (Å²) in [6.07, 6.45) is 0.841. The Morgan fingerprint density at radius 3 is 2.45 bits per heavy atom. The minimum atomic E-state index is -2.11. The van der Waals surface area contributed by atoms with Gasteiger partial charge in [0, 0.05) is 6.42 Å². The number of hydrogen-bond acceptors (Lipinski definition) is 1. The fraction of sp³-hybridized carbons (Fsp3) is 1.00. The Kier molecular flexibility index (Phi) is 3.77. The predicted molar refractivity (Wildman–Crippen MR) is 40.8 cm³/mol. The third kappa shape index (κ3) is 3.65. The van der Waals surface area contributed by atoms with Crippen molar-refractivity contribution in [3.8, 4) is 0 Å². The standard InChI is InChI=1S/C8H15F2N/c9-8(10)2-1-7-3-5-11-6-4-7/h7-8,11H,1-6H2. The number of rotatable bonds is 3. The van der Waals surface area contributed by atoms with Crippen LogP contribution in [0, 0.1) is 5.92 Å². The van der Waals surface area contributed by atoms with Crippen LogP contribution in [0.1, 0.15) is 25.7 Å². The van der Waals surface area contributed by atoms with Gasteiger partial charge in [-0.15, -0.1) is 0 Å². The summed E-state index contributed by atoms with van der Waals surface area (Å²) in [7, 11) is 0. The quantitative estimate of drug-likeness (QED) is 0.671. The van der Waals surface area contributed by atoms with Crippen molar-refractivity contribution in [3.63, 3.8) is 0 Å². The van der Waals surface area contributed by atoms with Gasteiger partial charge >= 0.3 is 0 Å². The molecule has 0 saturated carbocycles. The van der Waals surface area contributed by atoms with Gasteiger partial charge in [-0.05, 0) is 38.3 Å². The molecular weight excluding hydrogens is 148 g/mol. The highest BCUT2D eigenvalue weighted by Gasteiger charge is 2.14. The van der Waals surface area contributed by atoms with Crippen LogP contribution in [0.3, 0.4) is 0 Å². The Hall–Kier alpha value is -0.180. The van der Waals surface area contributed by atoms with Crippen molar-refractivity contribution >= 4 is 0 Å². The fourth-order valence-electron chi connectivity index (χ4n) is 1.53. The van der Waals surface area contributed by atoms with Crippen molar-refractivity contribution < 1.29 is 8.78 Å². The molecule has 0 unspecified atom stereocenters. The lowest BCUT2D eigenvalue weighted by Crippen LogP contribution is -2.27. The van der Waals surface area contributed by atoms with Crippen molar-refractivity contribution in [2.45, 2.75) is 32.1 Å². The molecule has 1 aliphatic rings. The molecule has 0 atom stereocenters. The van der Waals surface area contributed by atoms with Crippen LogP contribution in [-0.4, -0.2) is 19.5 Å². The van der Waals surface area contributed by atoms with Crippen molar-refractivity contribution in [3.05, 3.63) is 0 Å². The highest BCUT2D eigenvalue weighted by atomic mass is 19.3. The second-order valence-corrected chi connectivity index (χ2v) is 3.16. The van der Waals surface area contributed by atoms with Crippen molar-refractivity contribution in [1.82, 2.24) is 5.32 Å². The SMILES string of the molecule is FC(F)CCC1CCNCC1. The number of nitrogens with one attached hydrogen (secondary N) is 1. The summed E-state index contributed by atoms with van der Waals surface area (Å²) in [5.41, 5.74) is 0. The van der Waals surface area contributed by atoms with Gasteiger partial charge in [-0.1, -0.05) is 0 Å². The number of alkyl halides is 2. The summed E-state index contributed by atoms with van der Waals surface area (Å²) >= 11 is 0. The van der Waals surface area contributed by atoms with Gasteiger partial charge in [-0.2, -0.15) is 0 Å². The van der Waals surface area contributed by atoms with Gasteiger partial charge in [0.15, 0.2) is 0 Å². The average molecular weight is 163 g/mol. The number of hydrogen-bond donors (Lipinski definition) is 1. The van der Waals surface area contributed by atoms with Crippen LogP contribution in [0.2, 0.25) is 0 Å². The molecule has 1 nitrogen and oxygen atoms in total. The molecular formula is C8H15F2N. The molecule has 0 aliphatic carbocycles. The highest BCUT2D eigenvalue weighted by molar-refractivity contribution is 4.68. The third-order valence-electron chi connectivity index (χ3n) is 2.25. The minimum absolute atomic E-state index is 0.0880. The highest BCUT2D eigenvalue weighted by Crippen LogP contribution is 2.19. The van der Waals surface area contributed by atoms with Gasteiger partial charge in [0.1, 0.15) is 0 Å². The zero-order valence-electron chi connectivity index (χ0n) is 6.65. The molecule has 1 saturated heterocycles. The van der Waals surface area contributed by atoms with Gasteiger partial charge in [0.2, 0.25) is 6.43 Å². The van der Waals surface area contributed by atoms with Crippen molar-refractivity contribution in [2.75, 3.05) is 13.1 Å². The summed E-state index contributed by atoms with van der Waals surface area (Å²) in [5, 5.41) is 3.21. The van der Waals surface area contributed by atoms with E-state index in [9.17, 15) is 8.78 Å². The van der Waals surface area contributed by atoms with Crippen LogP contribution >= 0.6 is 0 Å². The molecule has 0 spiro atoms. The Morgan fingerprint density at radius 1 is 1.27 bits per heavy atom. The first-order valence-corrected chi connectivity index (χ1v) is 4.28. The van der Waals surface area contributed by atoms with Crippen LogP contribution in [-0.2, 0) is 0 Å². The maximum Gasteiger partial charge on any atom is 0.238 e. The molecule has 0 aromatic carbocycles. The monoisotopic (exact) mass is 163 g/mol. The maximum atomic E-state index is 11.8. The Balaban J connectivity index is 2.05. The number of halogens is 2. The summed E-state index contributed by atoms with van der Waals surface area (Å²) in [5.74, 6) is 0.547. The molecule has 0 aromatic heterocycles. The smallest absolute Gasteiger partial charge is 0.238 e.